The number of nitrogen functional groups attached to an aromatic ring is 1. The number of carbonyl (C=O) groups excluding carboxylic acids is 1. The Morgan fingerprint density at radius 1 is 0.875 bits per heavy atom. The van der Waals surface area contributed by atoms with E-state index in [2.05, 4.69) is 12.1 Å². The Morgan fingerprint density at radius 3 is 2.12 bits per heavy atom. The first-order valence-electron chi connectivity index (χ1n) is 7.82. The highest BCUT2D eigenvalue weighted by atomic mass is 16.5. The number of aldehydes is 1. The molecule has 0 aliphatic rings. The van der Waals surface area contributed by atoms with Gasteiger partial charge in [-0.05, 0) is 30.2 Å². The molecule has 0 saturated heterocycles. The van der Waals surface area contributed by atoms with Gasteiger partial charge >= 0.3 is 0 Å². The summed E-state index contributed by atoms with van der Waals surface area (Å²) < 4.78 is 5.21. The van der Waals surface area contributed by atoms with Gasteiger partial charge in [0.2, 0.25) is 0 Å². The molecule has 3 aromatic rings. The summed E-state index contributed by atoms with van der Waals surface area (Å²) in [5.41, 5.74) is 9.27. The van der Waals surface area contributed by atoms with Gasteiger partial charge in [0.25, 0.3) is 0 Å². The maximum atomic E-state index is 10.5. The van der Waals surface area contributed by atoms with E-state index in [9.17, 15) is 4.79 Å². The molecule has 3 aromatic carbocycles. The van der Waals surface area contributed by atoms with E-state index in [1.54, 1.807) is 0 Å². The zero-order chi connectivity index (χ0) is 17.2. The van der Waals surface area contributed by atoms with E-state index in [1.165, 1.54) is 5.56 Å². The van der Waals surface area contributed by atoms with Crippen LogP contribution >= 0.6 is 0 Å². The van der Waals surface area contributed by atoms with Crippen molar-refractivity contribution in [2.24, 2.45) is 0 Å². The Balaban J connectivity index is 0.000000185. The highest BCUT2D eigenvalue weighted by molar-refractivity contribution is 5.76. The van der Waals surface area contributed by atoms with Crippen LogP contribution in [-0.4, -0.2) is 12.9 Å². The molecule has 0 fully saturated rings. The van der Waals surface area contributed by atoms with E-state index < -0.39 is 0 Å². The van der Waals surface area contributed by atoms with Gasteiger partial charge in [-0.2, -0.15) is 0 Å². The molecule has 0 atom stereocenters. The Hall–Kier alpha value is -3.07. The number of benzene rings is 3. The molecule has 0 unspecified atom stereocenters. The van der Waals surface area contributed by atoms with Crippen LogP contribution in [0.3, 0.4) is 0 Å². The van der Waals surface area contributed by atoms with Crippen LogP contribution in [0, 0.1) is 0 Å². The standard InChI is InChI=1S/C13H10O.C8H11NO/c14-10-11-6-8-13(9-7-11)12-4-2-1-3-5-12;1-2-10-8-5-3-4-7(9)6-8/h1-10H;3-6H,2,9H2,1H3. The van der Waals surface area contributed by atoms with Gasteiger partial charge < -0.3 is 10.5 Å². The summed E-state index contributed by atoms with van der Waals surface area (Å²) in [4.78, 5) is 10.5. The van der Waals surface area contributed by atoms with Crippen LogP contribution in [0.2, 0.25) is 0 Å². The van der Waals surface area contributed by atoms with Gasteiger partial charge in [-0.1, -0.05) is 60.7 Å². The van der Waals surface area contributed by atoms with Crippen LogP contribution in [0.4, 0.5) is 5.69 Å². The normalized spacial score (nSPS) is 9.54. The van der Waals surface area contributed by atoms with E-state index in [1.807, 2.05) is 73.7 Å². The highest BCUT2D eigenvalue weighted by Gasteiger charge is 1.95. The Morgan fingerprint density at radius 2 is 1.54 bits per heavy atom. The van der Waals surface area contributed by atoms with E-state index in [0.717, 1.165) is 23.3 Å². The number of ether oxygens (including phenoxy) is 1. The lowest BCUT2D eigenvalue weighted by molar-refractivity contribution is 0.112. The maximum Gasteiger partial charge on any atom is 0.150 e. The maximum absolute atomic E-state index is 10.5. The minimum Gasteiger partial charge on any atom is -0.494 e. The summed E-state index contributed by atoms with van der Waals surface area (Å²) in [5, 5.41) is 0. The monoisotopic (exact) mass is 319 g/mol. The Kier molecular flexibility index (Phi) is 6.59. The topological polar surface area (TPSA) is 52.3 Å². The van der Waals surface area contributed by atoms with E-state index in [0.29, 0.717) is 12.2 Å². The first-order chi connectivity index (χ1) is 11.7. The summed E-state index contributed by atoms with van der Waals surface area (Å²) in [7, 11) is 0. The van der Waals surface area contributed by atoms with Crippen molar-refractivity contribution in [3.05, 3.63) is 84.4 Å². The molecule has 0 radical (unpaired) electrons. The molecule has 0 heterocycles. The quantitative estimate of drug-likeness (QED) is 0.553. The molecule has 0 spiro atoms. The minimum absolute atomic E-state index is 0.684. The number of anilines is 1. The highest BCUT2D eigenvalue weighted by Crippen LogP contribution is 2.18. The van der Waals surface area contributed by atoms with Crippen molar-refractivity contribution in [2.75, 3.05) is 12.3 Å². The lowest BCUT2D eigenvalue weighted by atomic mass is 10.0. The van der Waals surface area contributed by atoms with Crippen LogP contribution in [0.5, 0.6) is 5.75 Å². The zero-order valence-corrected chi connectivity index (χ0v) is 13.7. The van der Waals surface area contributed by atoms with Gasteiger partial charge in [0.1, 0.15) is 12.0 Å². The van der Waals surface area contributed by atoms with Crippen molar-refractivity contribution in [1.29, 1.82) is 0 Å². The van der Waals surface area contributed by atoms with Crippen LogP contribution in [0.25, 0.3) is 11.1 Å². The second kappa shape index (κ2) is 9.16. The third kappa shape index (κ3) is 5.29. The number of rotatable bonds is 4. The predicted octanol–water partition coefficient (Wildman–Crippen LogP) is 4.83. The second-order valence-electron chi connectivity index (χ2n) is 5.11. The molecule has 0 amide bonds. The molecule has 3 nitrogen and oxygen atoms in total. The molecule has 0 aliphatic carbocycles. The first-order valence-corrected chi connectivity index (χ1v) is 7.82. The summed E-state index contributed by atoms with van der Waals surface area (Å²) in [6, 6.07) is 25.1. The van der Waals surface area contributed by atoms with Gasteiger partial charge in [0.05, 0.1) is 6.61 Å². The molecule has 0 aliphatic heterocycles. The third-order valence-electron chi connectivity index (χ3n) is 3.32. The number of hydrogen-bond donors (Lipinski definition) is 1. The molecule has 0 saturated carbocycles. The van der Waals surface area contributed by atoms with Gasteiger partial charge in [0, 0.05) is 17.3 Å². The SMILES string of the molecule is CCOc1cccc(N)c1.O=Cc1ccc(-c2ccccc2)cc1. The number of hydrogen-bond acceptors (Lipinski definition) is 3. The minimum atomic E-state index is 0.684. The van der Waals surface area contributed by atoms with Gasteiger partial charge in [0.15, 0.2) is 0 Å². The molecule has 3 heteroatoms. The largest absolute Gasteiger partial charge is 0.494 e. The van der Waals surface area contributed by atoms with Gasteiger partial charge in [-0.15, -0.1) is 0 Å². The Bertz CT molecular complexity index is 752. The van der Waals surface area contributed by atoms with Crippen molar-refractivity contribution in [1.82, 2.24) is 0 Å². The van der Waals surface area contributed by atoms with Crippen LogP contribution in [-0.2, 0) is 0 Å². The van der Waals surface area contributed by atoms with Crippen molar-refractivity contribution in [3.8, 4) is 16.9 Å². The molecule has 122 valence electrons. The van der Waals surface area contributed by atoms with Crippen LogP contribution in [0.1, 0.15) is 17.3 Å². The summed E-state index contributed by atoms with van der Waals surface area (Å²) in [6.07, 6.45) is 0.856. The average molecular weight is 319 g/mol. The fraction of sp³-hybridized carbons (Fsp3) is 0.0952. The van der Waals surface area contributed by atoms with Crippen molar-refractivity contribution < 1.29 is 9.53 Å². The zero-order valence-electron chi connectivity index (χ0n) is 13.7. The lowest BCUT2D eigenvalue weighted by Gasteiger charge is -2.01. The summed E-state index contributed by atoms with van der Waals surface area (Å²) >= 11 is 0. The van der Waals surface area contributed by atoms with Crippen LogP contribution in [0.15, 0.2) is 78.9 Å². The molecule has 2 N–H and O–H groups in total. The fourth-order valence-electron chi connectivity index (χ4n) is 2.16. The molecule has 0 bridgehead atoms. The van der Waals surface area contributed by atoms with Gasteiger partial charge in [-0.3, -0.25) is 4.79 Å². The van der Waals surface area contributed by atoms with Crippen LogP contribution < -0.4 is 10.5 Å². The Labute approximate surface area is 142 Å². The van der Waals surface area contributed by atoms with Crippen molar-refractivity contribution in [2.45, 2.75) is 6.92 Å². The first kappa shape index (κ1) is 17.3. The van der Waals surface area contributed by atoms with Crippen molar-refractivity contribution >= 4 is 12.0 Å². The third-order valence-corrected chi connectivity index (χ3v) is 3.32. The van der Waals surface area contributed by atoms with E-state index in [-0.39, 0.29) is 0 Å². The second-order valence-corrected chi connectivity index (χ2v) is 5.11. The molecule has 3 rings (SSSR count). The van der Waals surface area contributed by atoms with E-state index in [4.69, 9.17) is 10.5 Å². The summed E-state index contributed by atoms with van der Waals surface area (Å²) in [5.74, 6) is 0.836. The van der Waals surface area contributed by atoms with Crippen molar-refractivity contribution in [3.63, 3.8) is 0 Å². The fourth-order valence-corrected chi connectivity index (χ4v) is 2.16. The number of carbonyl (C=O) groups is 1. The van der Waals surface area contributed by atoms with Gasteiger partial charge in [-0.25, -0.2) is 0 Å². The predicted molar refractivity (Wildman–Crippen MR) is 99.3 cm³/mol. The molecular formula is C21H21NO2. The molecule has 0 aromatic heterocycles. The lowest BCUT2D eigenvalue weighted by Crippen LogP contribution is -1.92. The number of nitrogens with two attached hydrogens (primary N) is 1. The molecular weight excluding hydrogens is 298 g/mol. The average Bonchev–Trinajstić information content (AvgIpc) is 2.63. The summed E-state index contributed by atoms with van der Waals surface area (Å²) in [6.45, 7) is 2.63. The smallest absolute Gasteiger partial charge is 0.150 e. The van der Waals surface area contributed by atoms with E-state index >= 15 is 0 Å². The molecule has 24 heavy (non-hydrogen) atoms.